The van der Waals surface area contributed by atoms with E-state index in [-0.39, 0.29) is 40.8 Å². The summed E-state index contributed by atoms with van der Waals surface area (Å²) in [4.78, 5) is 40.4. The first-order chi connectivity index (χ1) is 18.4. The number of aromatic nitrogens is 2. The van der Waals surface area contributed by atoms with E-state index in [0.29, 0.717) is 0 Å². The Bertz CT molecular complexity index is 1160. The van der Waals surface area contributed by atoms with Crippen molar-refractivity contribution in [2.24, 2.45) is 10.8 Å². The van der Waals surface area contributed by atoms with Gasteiger partial charge in [-0.25, -0.2) is 9.36 Å². The number of methoxy groups -OCH3 is 1. The number of rotatable bonds is 12. The smallest absolute Gasteiger partial charge is 0.383 e. The van der Waals surface area contributed by atoms with Gasteiger partial charge in [0.15, 0.2) is 22.1 Å². The number of nitrogens with zero attached hydrogens (tertiary/aromatic N) is 2. The van der Waals surface area contributed by atoms with Crippen molar-refractivity contribution in [3.63, 3.8) is 0 Å². The van der Waals surface area contributed by atoms with Gasteiger partial charge < -0.3 is 20.3 Å². The van der Waals surface area contributed by atoms with E-state index in [4.69, 9.17) is 28.8 Å². The van der Waals surface area contributed by atoms with E-state index in [1.165, 1.54) is 19.4 Å². The molecule has 1 saturated carbocycles. The summed E-state index contributed by atoms with van der Waals surface area (Å²) in [6.07, 6.45) is -2.93. The number of anilines is 1. The minimum Gasteiger partial charge on any atom is -0.383 e. The predicted octanol–water partition coefficient (Wildman–Crippen LogP) is 2.62. The van der Waals surface area contributed by atoms with Crippen LogP contribution in [0.25, 0.3) is 0 Å². The van der Waals surface area contributed by atoms with Crippen LogP contribution in [-0.4, -0.2) is 80.6 Å². The van der Waals surface area contributed by atoms with Crippen molar-refractivity contribution >= 4 is 47.4 Å². The average Bonchev–Trinajstić information content (AvgIpc) is 3.24. The second-order valence-corrected chi connectivity index (χ2v) is 15.2. The number of nitrogens with two attached hydrogens (primary N) is 1. The molecule has 1 aromatic rings. The molecule has 1 aliphatic carbocycles. The number of hydrogen-bond acceptors (Lipinski definition) is 14. The first-order valence-electron chi connectivity index (χ1n) is 12.6. The highest BCUT2D eigenvalue weighted by molar-refractivity contribution is 8.14. The van der Waals surface area contributed by atoms with Gasteiger partial charge in [-0.1, -0.05) is 65.1 Å². The largest absolute Gasteiger partial charge is 0.475 e. The van der Waals surface area contributed by atoms with Gasteiger partial charge in [0.05, 0.1) is 13.2 Å². The lowest BCUT2D eigenvalue weighted by Gasteiger charge is -2.27. The van der Waals surface area contributed by atoms with E-state index >= 15 is 0 Å². The van der Waals surface area contributed by atoms with Crippen molar-refractivity contribution in [3.05, 3.63) is 22.7 Å². The monoisotopic (exact) mass is 623 g/mol. The van der Waals surface area contributed by atoms with Crippen molar-refractivity contribution in [3.8, 4) is 0 Å². The summed E-state index contributed by atoms with van der Waals surface area (Å²) in [5.41, 5.74) is 1.98. The van der Waals surface area contributed by atoms with Crippen LogP contribution >= 0.6 is 31.3 Å². The number of nitrogen functional groups attached to an aromatic ring is 1. The molecule has 1 aromatic heterocycles. The number of aliphatic hydroxyl groups is 1. The Balaban J connectivity index is 1.68. The molecule has 226 valence electrons. The van der Waals surface area contributed by atoms with Gasteiger partial charge in [-0.2, -0.15) is 4.98 Å². The van der Waals surface area contributed by atoms with Gasteiger partial charge >= 0.3 is 13.5 Å². The molecule has 2 aliphatic rings. The third-order valence-corrected chi connectivity index (χ3v) is 10.0. The summed E-state index contributed by atoms with van der Waals surface area (Å²) in [6, 6.07) is 1.40. The van der Waals surface area contributed by atoms with E-state index in [9.17, 15) is 24.1 Å². The molecule has 0 amide bonds. The normalized spacial score (nSPS) is 26.5. The van der Waals surface area contributed by atoms with Gasteiger partial charge in [-0.15, -0.1) is 0 Å². The molecule has 3 rings (SSSR count). The SMILES string of the molecule is CO[C@H]1[C@H](n2ccc(N)nc2=O)O[C@@H]2C(OP(=O)(OCCSC(=O)C(C)(C)C)OCCSC(=O)C(C)(C)C)[C@@]21O. The summed E-state index contributed by atoms with van der Waals surface area (Å²) in [5, 5.41) is 11.2. The number of ether oxygens (including phenoxy) is 2. The quantitative estimate of drug-likeness (QED) is 0.256. The van der Waals surface area contributed by atoms with Crippen LogP contribution < -0.4 is 11.4 Å². The Hall–Kier alpha value is -1.29. The fourth-order valence-electron chi connectivity index (χ4n) is 3.80. The van der Waals surface area contributed by atoms with E-state index in [1.54, 1.807) is 41.5 Å². The highest BCUT2D eigenvalue weighted by Gasteiger charge is 2.80. The molecule has 1 aliphatic heterocycles. The fraction of sp³-hybridized carbons (Fsp3) is 0.750. The summed E-state index contributed by atoms with van der Waals surface area (Å²) in [6.45, 7) is 10.5. The van der Waals surface area contributed by atoms with E-state index in [0.717, 1.165) is 28.1 Å². The molecule has 3 N–H and O–H groups in total. The number of thioether (sulfide) groups is 2. The average molecular weight is 624 g/mol. The van der Waals surface area contributed by atoms with Crippen LogP contribution in [0.4, 0.5) is 5.82 Å². The van der Waals surface area contributed by atoms with Crippen LogP contribution in [0.3, 0.4) is 0 Å². The molecular formula is C24H38N3O10PS2. The number of carbonyl (C=O) groups excluding carboxylic acids is 2. The van der Waals surface area contributed by atoms with Crippen molar-refractivity contribution in [2.75, 3.05) is 37.6 Å². The van der Waals surface area contributed by atoms with Gasteiger partial charge in [0.1, 0.15) is 24.1 Å². The Labute approximate surface area is 241 Å². The van der Waals surface area contributed by atoms with Crippen molar-refractivity contribution < 1.29 is 42.3 Å². The van der Waals surface area contributed by atoms with Crippen molar-refractivity contribution in [2.45, 2.75) is 71.7 Å². The molecule has 0 aromatic carbocycles. The topological polar surface area (TPSA) is 178 Å². The first-order valence-corrected chi connectivity index (χ1v) is 16.0. The maximum atomic E-state index is 13.6. The van der Waals surface area contributed by atoms with E-state index in [2.05, 4.69) is 4.98 Å². The van der Waals surface area contributed by atoms with Gasteiger partial charge in [-0.3, -0.25) is 27.7 Å². The molecule has 2 heterocycles. The lowest BCUT2D eigenvalue weighted by molar-refractivity contribution is -0.118. The highest BCUT2D eigenvalue weighted by atomic mass is 32.2. The van der Waals surface area contributed by atoms with E-state index < -0.39 is 54.5 Å². The minimum absolute atomic E-state index is 0.0262. The fourth-order valence-corrected chi connectivity index (χ4v) is 7.00. The molecule has 0 radical (unpaired) electrons. The van der Waals surface area contributed by atoms with Crippen molar-refractivity contribution in [1.82, 2.24) is 9.55 Å². The maximum Gasteiger partial charge on any atom is 0.475 e. The number of phosphoric acid groups is 1. The number of carbonyl (C=O) groups is 2. The summed E-state index contributed by atoms with van der Waals surface area (Å²) in [5.74, 6) is 0.405. The number of phosphoric ester groups is 1. The zero-order valence-electron chi connectivity index (χ0n) is 23.6. The molecular weight excluding hydrogens is 585 g/mol. The minimum atomic E-state index is -4.30. The second-order valence-electron chi connectivity index (χ2n) is 11.4. The molecule has 1 unspecified atom stereocenters. The third-order valence-electron chi connectivity index (χ3n) is 6.06. The zero-order chi connectivity index (χ0) is 30.1. The molecule has 1 saturated heterocycles. The Morgan fingerprint density at radius 1 is 1.10 bits per heavy atom. The first kappa shape index (κ1) is 33.2. The number of hydrogen-bond donors (Lipinski definition) is 2. The van der Waals surface area contributed by atoms with Crippen molar-refractivity contribution in [1.29, 1.82) is 0 Å². The molecule has 0 spiro atoms. The predicted molar refractivity (Wildman–Crippen MR) is 151 cm³/mol. The summed E-state index contributed by atoms with van der Waals surface area (Å²) in [7, 11) is -2.97. The van der Waals surface area contributed by atoms with Gasteiger partial charge in [0, 0.05) is 35.6 Å². The van der Waals surface area contributed by atoms with Crippen LogP contribution in [0.5, 0.6) is 0 Å². The molecule has 13 nitrogen and oxygen atoms in total. The summed E-state index contributed by atoms with van der Waals surface area (Å²) < 4.78 is 42.7. The van der Waals surface area contributed by atoms with Crippen LogP contribution in [-0.2, 0) is 37.2 Å². The lowest BCUT2D eigenvalue weighted by Crippen LogP contribution is -2.42. The maximum absolute atomic E-state index is 13.6. The Kier molecular flexibility index (Phi) is 10.4. The van der Waals surface area contributed by atoms with Crippen LogP contribution in [0.1, 0.15) is 47.8 Å². The Morgan fingerprint density at radius 3 is 2.08 bits per heavy atom. The second kappa shape index (κ2) is 12.5. The molecule has 0 bridgehead atoms. The molecule has 2 fully saturated rings. The van der Waals surface area contributed by atoms with Crippen LogP contribution in [0, 0.1) is 10.8 Å². The lowest BCUT2D eigenvalue weighted by atomic mass is 9.99. The Morgan fingerprint density at radius 2 is 1.62 bits per heavy atom. The van der Waals surface area contributed by atoms with Gasteiger partial charge in [0.25, 0.3) is 0 Å². The molecule has 40 heavy (non-hydrogen) atoms. The standard InChI is InChI=1S/C24H38N3O10PS2/c1-22(2,3)19(28)39-12-10-34-38(32,35-11-13-40-20(29)23(4,5)6)37-16-15-24(16,31)17(33-7)18(36-15)27-9-8-14(25)26-21(27)30/h8-9,15-18,31H,10-13H2,1-7H3,(H2,25,26,30)/t15-,16?,17+,18-,24+/m1/s1. The van der Waals surface area contributed by atoms with E-state index in [1.807, 2.05) is 0 Å². The highest BCUT2D eigenvalue weighted by Crippen LogP contribution is 2.63. The zero-order valence-corrected chi connectivity index (χ0v) is 26.2. The molecule has 16 heteroatoms. The molecule has 5 atom stereocenters. The van der Waals surface area contributed by atoms with Gasteiger partial charge in [0.2, 0.25) is 0 Å². The van der Waals surface area contributed by atoms with Crippen LogP contribution in [0.15, 0.2) is 17.1 Å². The third kappa shape index (κ3) is 7.56. The summed E-state index contributed by atoms with van der Waals surface area (Å²) >= 11 is 2.06. The van der Waals surface area contributed by atoms with Crippen LogP contribution in [0.2, 0.25) is 0 Å². The van der Waals surface area contributed by atoms with Gasteiger partial charge in [-0.05, 0) is 6.07 Å². The number of fused-ring (bicyclic) bond motifs is 1.